The first kappa shape index (κ1) is 14.1. The van der Waals surface area contributed by atoms with Crippen molar-refractivity contribution in [3.8, 4) is 0 Å². The van der Waals surface area contributed by atoms with Crippen molar-refractivity contribution in [3.63, 3.8) is 0 Å². The highest BCUT2D eigenvalue weighted by atomic mass is 16.2. The van der Waals surface area contributed by atoms with Crippen LogP contribution in [0.15, 0.2) is 30.3 Å². The van der Waals surface area contributed by atoms with E-state index in [2.05, 4.69) is 37.8 Å². The number of amides is 1. The van der Waals surface area contributed by atoms with Crippen molar-refractivity contribution in [2.45, 2.75) is 52.0 Å². The molecule has 1 fully saturated rings. The summed E-state index contributed by atoms with van der Waals surface area (Å²) in [6, 6.07) is 10.9. The molecule has 19 heavy (non-hydrogen) atoms. The molecule has 1 unspecified atom stereocenters. The Morgan fingerprint density at radius 1 is 1.21 bits per heavy atom. The first-order valence-corrected chi connectivity index (χ1v) is 7.42. The first-order chi connectivity index (χ1) is 9.08. The van der Waals surface area contributed by atoms with Gasteiger partial charge in [-0.15, -0.1) is 0 Å². The maximum Gasteiger partial charge on any atom is 0.223 e. The maximum atomic E-state index is 12.5. The van der Waals surface area contributed by atoms with Crippen molar-refractivity contribution >= 4 is 5.91 Å². The van der Waals surface area contributed by atoms with E-state index in [1.165, 1.54) is 18.4 Å². The Bertz CT molecular complexity index is 409. The van der Waals surface area contributed by atoms with Crippen molar-refractivity contribution in [2.75, 3.05) is 6.54 Å². The molecular formula is C17H25NO. The van der Waals surface area contributed by atoms with Crippen LogP contribution in [0.4, 0.5) is 0 Å². The summed E-state index contributed by atoms with van der Waals surface area (Å²) in [5, 5.41) is 0. The lowest BCUT2D eigenvalue weighted by molar-refractivity contribution is -0.132. The third kappa shape index (κ3) is 4.09. The summed E-state index contributed by atoms with van der Waals surface area (Å²) in [5.74, 6) is 1.19. The molecule has 1 atom stereocenters. The number of nitrogens with zero attached hydrogens (tertiary/aromatic N) is 1. The predicted octanol–water partition coefficient (Wildman–Crippen LogP) is 3.83. The lowest BCUT2D eigenvalue weighted by atomic mass is 9.97. The molecule has 1 aliphatic carbocycles. The number of hydrogen-bond donors (Lipinski definition) is 0. The summed E-state index contributed by atoms with van der Waals surface area (Å²) >= 11 is 0. The van der Waals surface area contributed by atoms with Crippen molar-refractivity contribution in [3.05, 3.63) is 35.9 Å². The standard InChI is InChI=1S/C17H25NO/c1-13(2)12-18(16-9-10-16)17(19)11-14(3)15-7-5-4-6-8-15/h4-8,13-14,16H,9-12H2,1-3H3. The van der Waals surface area contributed by atoms with Crippen molar-refractivity contribution in [2.24, 2.45) is 5.92 Å². The van der Waals surface area contributed by atoms with E-state index in [9.17, 15) is 4.79 Å². The van der Waals surface area contributed by atoms with Crippen LogP contribution in [0.2, 0.25) is 0 Å². The van der Waals surface area contributed by atoms with Gasteiger partial charge in [-0.1, -0.05) is 51.1 Å². The van der Waals surface area contributed by atoms with Gasteiger partial charge in [0.2, 0.25) is 5.91 Å². The Morgan fingerprint density at radius 2 is 1.84 bits per heavy atom. The molecule has 0 aromatic heterocycles. The molecule has 2 rings (SSSR count). The van der Waals surface area contributed by atoms with Gasteiger partial charge in [-0.05, 0) is 30.2 Å². The Morgan fingerprint density at radius 3 is 2.37 bits per heavy atom. The quantitative estimate of drug-likeness (QED) is 0.760. The second-order valence-electron chi connectivity index (χ2n) is 6.19. The predicted molar refractivity (Wildman–Crippen MR) is 79.0 cm³/mol. The monoisotopic (exact) mass is 259 g/mol. The fraction of sp³-hybridized carbons (Fsp3) is 0.588. The minimum absolute atomic E-state index is 0.308. The van der Waals surface area contributed by atoms with Crippen LogP contribution in [-0.4, -0.2) is 23.4 Å². The summed E-state index contributed by atoms with van der Waals surface area (Å²) < 4.78 is 0. The third-order valence-electron chi connectivity index (χ3n) is 3.72. The molecule has 0 bridgehead atoms. The molecule has 1 aromatic rings. The summed E-state index contributed by atoms with van der Waals surface area (Å²) in [6.45, 7) is 7.42. The largest absolute Gasteiger partial charge is 0.339 e. The number of rotatable bonds is 6. The van der Waals surface area contributed by atoms with Crippen LogP contribution >= 0.6 is 0 Å². The summed E-state index contributed by atoms with van der Waals surface area (Å²) in [4.78, 5) is 14.6. The molecule has 0 aliphatic heterocycles. The van der Waals surface area contributed by atoms with E-state index in [0.717, 1.165) is 6.54 Å². The molecule has 1 amide bonds. The van der Waals surface area contributed by atoms with Gasteiger partial charge in [-0.25, -0.2) is 0 Å². The highest BCUT2D eigenvalue weighted by molar-refractivity contribution is 5.77. The van der Waals surface area contributed by atoms with Crippen LogP contribution in [0.25, 0.3) is 0 Å². The molecule has 2 nitrogen and oxygen atoms in total. The first-order valence-electron chi connectivity index (χ1n) is 7.42. The second kappa shape index (κ2) is 6.23. The van der Waals surface area contributed by atoms with E-state index in [0.29, 0.717) is 30.2 Å². The van der Waals surface area contributed by atoms with Crippen molar-refractivity contribution in [1.82, 2.24) is 4.90 Å². The van der Waals surface area contributed by atoms with Crippen LogP contribution in [0.5, 0.6) is 0 Å². The number of hydrogen-bond acceptors (Lipinski definition) is 1. The second-order valence-corrected chi connectivity index (χ2v) is 6.19. The molecule has 1 aliphatic rings. The van der Waals surface area contributed by atoms with E-state index in [1.807, 2.05) is 18.2 Å². The van der Waals surface area contributed by atoms with Gasteiger partial charge in [0, 0.05) is 19.0 Å². The van der Waals surface area contributed by atoms with Gasteiger partial charge in [0.25, 0.3) is 0 Å². The molecule has 0 saturated heterocycles. The zero-order chi connectivity index (χ0) is 13.8. The highest BCUT2D eigenvalue weighted by Crippen LogP contribution is 2.30. The molecule has 1 aromatic carbocycles. The van der Waals surface area contributed by atoms with E-state index in [4.69, 9.17) is 0 Å². The normalized spacial score (nSPS) is 16.4. The van der Waals surface area contributed by atoms with E-state index in [-0.39, 0.29) is 0 Å². The van der Waals surface area contributed by atoms with Crippen LogP contribution in [0.1, 0.15) is 51.5 Å². The average molecular weight is 259 g/mol. The third-order valence-corrected chi connectivity index (χ3v) is 3.72. The molecule has 0 spiro atoms. The molecule has 0 heterocycles. The molecular weight excluding hydrogens is 234 g/mol. The average Bonchev–Trinajstić information content (AvgIpc) is 3.21. The summed E-state index contributed by atoms with van der Waals surface area (Å²) in [6.07, 6.45) is 3.02. The molecule has 2 heteroatoms. The Hall–Kier alpha value is -1.31. The lowest BCUT2D eigenvalue weighted by Gasteiger charge is -2.26. The summed E-state index contributed by atoms with van der Waals surface area (Å²) in [5.41, 5.74) is 1.26. The smallest absolute Gasteiger partial charge is 0.223 e. The molecule has 104 valence electrons. The minimum Gasteiger partial charge on any atom is -0.339 e. The fourth-order valence-corrected chi connectivity index (χ4v) is 2.51. The van der Waals surface area contributed by atoms with Gasteiger partial charge >= 0.3 is 0 Å². The van der Waals surface area contributed by atoms with E-state index in [1.54, 1.807) is 0 Å². The maximum absolute atomic E-state index is 12.5. The molecule has 0 N–H and O–H groups in total. The SMILES string of the molecule is CC(C)CN(C(=O)CC(C)c1ccccc1)C1CC1. The van der Waals surface area contributed by atoms with Gasteiger partial charge < -0.3 is 4.90 Å². The summed E-state index contributed by atoms with van der Waals surface area (Å²) in [7, 11) is 0. The molecule has 1 saturated carbocycles. The van der Waals surface area contributed by atoms with Crippen molar-refractivity contribution in [1.29, 1.82) is 0 Å². The van der Waals surface area contributed by atoms with Crippen LogP contribution in [-0.2, 0) is 4.79 Å². The van der Waals surface area contributed by atoms with E-state index < -0.39 is 0 Å². The van der Waals surface area contributed by atoms with Crippen LogP contribution < -0.4 is 0 Å². The van der Waals surface area contributed by atoms with Gasteiger partial charge in [0.15, 0.2) is 0 Å². The Labute approximate surface area is 116 Å². The molecule has 0 radical (unpaired) electrons. The Kier molecular flexibility index (Phi) is 4.62. The zero-order valence-corrected chi connectivity index (χ0v) is 12.3. The topological polar surface area (TPSA) is 20.3 Å². The van der Waals surface area contributed by atoms with Gasteiger partial charge in [-0.3, -0.25) is 4.79 Å². The minimum atomic E-state index is 0.308. The van der Waals surface area contributed by atoms with Gasteiger partial charge in [-0.2, -0.15) is 0 Å². The van der Waals surface area contributed by atoms with Crippen LogP contribution in [0.3, 0.4) is 0 Å². The van der Waals surface area contributed by atoms with E-state index >= 15 is 0 Å². The zero-order valence-electron chi connectivity index (χ0n) is 12.3. The fourth-order valence-electron chi connectivity index (χ4n) is 2.51. The number of carbonyl (C=O) groups is 1. The number of benzene rings is 1. The van der Waals surface area contributed by atoms with Gasteiger partial charge in [0.05, 0.1) is 0 Å². The van der Waals surface area contributed by atoms with Crippen LogP contribution in [0, 0.1) is 5.92 Å². The van der Waals surface area contributed by atoms with Gasteiger partial charge in [0.1, 0.15) is 0 Å². The highest BCUT2D eigenvalue weighted by Gasteiger charge is 2.33. The number of carbonyl (C=O) groups excluding carboxylic acids is 1. The lowest BCUT2D eigenvalue weighted by Crippen LogP contribution is -2.36. The Balaban J connectivity index is 1.95. The van der Waals surface area contributed by atoms with Crippen molar-refractivity contribution < 1.29 is 4.79 Å².